The fourth-order valence-corrected chi connectivity index (χ4v) is 5.13. The lowest BCUT2D eigenvalue weighted by atomic mass is 9.84. The average molecular weight is 567 g/mol. The highest BCUT2D eigenvalue weighted by atomic mass is 35.5. The summed E-state index contributed by atoms with van der Waals surface area (Å²) >= 11 is 12.2. The van der Waals surface area contributed by atoms with Crippen LogP contribution in [0.1, 0.15) is 50.2 Å². The van der Waals surface area contributed by atoms with Crippen LogP contribution in [-0.4, -0.2) is 40.0 Å². The molecule has 3 aromatic rings. The number of hydrogen-bond acceptors (Lipinski definition) is 4. The molecule has 0 fully saturated rings. The molecule has 0 heterocycles. The topological polar surface area (TPSA) is 133 Å². The van der Waals surface area contributed by atoms with Crippen molar-refractivity contribution in [2.75, 3.05) is 5.32 Å². The Kier molecular flexibility index (Phi) is 8.69. The first-order valence-electron chi connectivity index (χ1n) is 12.1. The van der Waals surface area contributed by atoms with Gasteiger partial charge < -0.3 is 20.8 Å². The number of aliphatic carboxylic acids is 2. The maximum atomic E-state index is 13.1. The molecule has 1 aliphatic rings. The molecule has 2 amide bonds. The number of carboxylic acid groups (broad SMARTS) is 2. The van der Waals surface area contributed by atoms with Gasteiger partial charge in [0.25, 0.3) is 11.8 Å². The van der Waals surface area contributed by atoms with Crippen LogP contribution in [0.3, 0.4) is 0 Å². The Morgan fingerprint density at radius 3 is 2.18 bits per heavy atom. The van der Waals surface area contributed by atoms with Crippen molar-refractivity contribution >= 4 is 58.2 Å². The summed E-state index contributed by atoms with van der Waals surface area (Å²) < 4.78 is 0. The first kappa shape index (κ1) is 27.9. The van der Waals surface area contributed by atoms with E-state index in [1.807, 2.05) is 0 Å². The second kappa shape index (κ2) is 12.1. The SMILES string of the molecule is O=C(O)/C=C1\CCCc2c(C(=O)N[C@@H](Cc3ccc(NC(=O)c4c(Cl)cccc4Cl)cc3)C(=O)O)cccc21. The lowest BCUT2D eigenvalue weighted by molar-refractivity contribution is -0.139. The van der Waals surface area contributed by atoms with E-state index in [0.29, 0.717) is 52.8 Å². The number of carbonyl (C=O) groups excluding carboxylic acids is 2. The molecule has 0 aliphatic heterocycles. The van der Waals surface area contributed by atoms with Crippen molar-refractivity contribution in [2.45, 2.75) is 31.7 Å². The van der Waals surface area contributed by atoms with Gasteiger partial charge in [0.2, 0.25) is 0 Å². The van der Waals surface area contributed by atoms with Crippen LogP contribution in [-0.2, 0) is 22.4 Å². The standard InChI is InChI=1S/C29H24Cl2N2O6/c30-22-8-3-9-23(31)26(22)28(37)32-18-12-10-16(11-13-18)14-24(29(38)39)33-27(36)21-7-2-5-19-17(15-25(34)35)4-1-6-20(19)21/h2-3,5,7-13,15,24H,1,4,6,14H2,(H,32,37)(H,33,36)(H,34,35)(H,38,39)/b17-15+/t24-/m0/s1. The van der Waals surface area contributed by atoms with E-state index in [4.69, 9.17) is 23.2 Å². The van der Waals surface area contributed by atoms with Gasteiger partial charge in [-0.3, -0.25) is 9.59 Å². The maximum Gasteiger partial charge on any atom is 0.328 e. The van der Waals surface area contributed by atoms with Gasteiger partial charge in [-0.2, -0.15) is 0 Å². The second-order valence-corrected chi connectivity index (χ2v) is 9.82. The predicted molar refractivity (Wildman–Crippen MR) is 148 cm³/mol. The lowest BCUT2D eigenvalue weighted by Gasteiger charge is -2.22. The van der Waals surface area contributed by atoms with Crippen LogP contribution in [0.2, 0.25) is 10.0 Å². The molecular formula is C29H24Cl2N2O6. The Bertz CT molecular complexity index is 1460. The van der Waals surface area contributed by atoms with E-state index in [-0.39, 0.29) is 22.0 Å². The van der Waals surface area contributed by atoms with E-state index in [0.717, 1.165) is 6.08 Å². The largest absolute Gasteiger partial charge is 0.480 e. The number of carbonyl (C=O) groups is 4. The Morgan fingerprint density at radius 1 is 0.872 bits per heavy atom. The van der Waals surface area contributed by atoms with Crippen molar-refractivity contribution in [2.24, 2.45) is 0 Å². The smallest absolute Gasteiger partial charge is 0.328 e. The molecule has 1 aliphatic carbocycles. The monoisotopic (exact) mass is 566 g/mol. The van der Waals surface area contributed by atoms with Crippen LogP contribution in [0.4, 0.5) is 5.69 Å². The fraction of sp³-hybridized carbons (Fsp3) is 0.172. The summed E-state index contributed by atoms with van der Waals surface area (Å²) in [5.74, 6) is -3.29. The third-order valence-corrected chi connectivity index (χ3v) is 7.01. The quantitative estimate of drug-likeness (QED) is 0.267. The molecule has 0 saturated heterocycles. The van der Waals surface area contributed by atoms with E-state index in [9.17, 15) is 29.4 Å². The van der Waals surface area contributed by atoms with Gasteiger partial charge in [0.15, 0.2) is 0 Å². The second-order valence-electron chi connectivity index (χ2n) is 9.01. The van der Waals surface area contributed by atoms with Gasteiger partial charge >= 0.3 is 11.9 Å². The molecule has 39 heavy (non-hydrogen) atoms. The number of allylic oxidation sites excluding steroid dienone is 1. The van der Waals surface area contributed by atoms with Crippen molar-refractivity contribution in [3.8, 4) is 0 Å². The van der Waals surface area contributed by atoms with Gasteiger partial charge in [-0.05, 0) is 71.9 Å². The molecule has 10 heteroatoms. The van der Waals surface area contributed by atoms with Crippen LogP contribution >= 0.6 is 23.2 Å². The molecule has 4 rings (SSSR count). The van der Waals surface area contributed by atoms with Crippen LogP contribution in [0.25, 0.3) is 5.57 Å². The summed E-state index contributed by atoms with van der Waals surface area (Å²) in [6.45, 7) is 0. The molecule has 0 bridgehead atoms. The number of rotatable bonds is 8. The fourth-order valence-electron chi connectivity index (χ4n) is 4.56. The number of anilines is 1. The highest BCUT2D eigenvalue weighted by Crippen LogP contribution is 2.33. The first-order chi connectivity index (χ1) is 18.6. The summed E-state index contributed by atoms with van der Waals surface area (Å²) in [7, 11) is 0. The molecule has 0 unspecified atom stereocenters. The summed E-state index contributed by atoms with van der Waals surface area (Å²) in [5.41, 5.74) is 3.58. The minimum absolute atomic E-state index is 0.00479. The van der Waals surface area contributed by atoms with Crippen LogP contribution < -0.4 is 10.6 Å². The molecule has 0 radical (unpaired) electrons. The van der Waals surface area contributed by atoms with E-state index < -0.39 is 29.8 Å². The Labute approximate surface area is 234 Å². The molecular weight excluding hydrogens is 543 g/mol. The number of nitrogens with one attached hydrogen (secondary N) is 2. The average Bonchev–Trinajstić information content (AvgIpc) is 2.88. The van der Waals surface area contributed by atoms with E-state index in [1.165, 1.54) is 0 Å². The molecule has 4 N–H and O–H groups in total. The van der Waals surface area contributed by atoms with Gasteiger partial charge in [0.1, 0.15) is 6.04 Å². The summed E-state index contributed by atoms with van der Waals surface area (Å²) in [5, 5.41) is 24.7. The summed E-state index contributed by atoms with van der Waals surface area (Å²) in [6.07, 6.45) is 3.01. The van der Waals surface area contributed by atoms with Crippen LogP contribution in [0, 0.1) is 0 Å². The molecule has 0 aromatic heterocycles. The number of fused-ring (bicyclic) bond motifs is 1. The zero-order chi connectivity index (χ0) is 28.1. The zero-order valence-corrected chi connectivity index (χ0v) is 22.1. The zero-order valence-electron chi connectivity index (χ0n) is 20.5. The Balaban J connectivity index is 1.47. The number of halogens is 2. The van der Waals surface area contributed by atoms with Crippen LogP contribution in [0.5, 0.6) is 0 Å². The van der Waals surface area contributed by atoms with Crippen molar-refractivity contribution in [1.29, 1.82) is 0 Å². The van der Waals surface area contributed by atoms with Gasteiger partial charge in [-0.15, -0.1) is 0 Å². The number of amides is 2. The van der Waals surface area contributed by atoms with E-state index in [2.05, 4.69) is 10.6 Å². The van der Waals surface area contributed by atoms with E-state index >= 15 is 0 Å². The van der Waals surface area contributed by atoms with Crippen molar-refractivity contribution in [1.82, 2.24) is 5.32 Å². The number of hydrogen-bond donors (Lipinski definition) is 4. The molecule has 200 valence electrons. The van der Waals surface area contributed by atoms with Gasteiger partial charge in [0.05, 0.1) is 15.6 Å². The third kappa shape index (κ3) is 6.66. The molecule has 8 nitrogen and oxygen atoms in total. The molecule has 1 atom stereocenters. The maximum absolute atomic E-state index is 13.1. The molecule has 0 spiro atoms. The number of benzene rings is 3. The highest BCUT2D eigenvalue weighted by molar-refractivity contribution is 6.40. The summed E-state index contributed by atoms with van der Waals surface area (Å²) in [6, 6.07) is 15.1. The Morgan fingerprint density at radius 2 is 1.54 bits per heavy atom. The predicted octanol–water partition coefficient (Wildman–Crippen LogP) is 5.48. The Hall–Kier alpha value is -4.14. The van der Waals surface area contributed by atoms with Crippen molar-refractivity contribution in [3.05, 3.63) is 105 Å². The lowest BCUT2D eigenvalue weighted by Crippen LogP contribution is -2.42. The van der Waals surface area contributed by atoms with Crippen LogP contribution in [0.15, 0.2) is 66.7 Å². The first-order valence-corrected chi connectivity index (χ1v) is 12.8. The summed E-state index contributed by atoms with van der Waals surface area (Å²) in [4.78, 5) is 48.9. The number of carboxylic acids is 2. The highest BCUT2D eigenvalue weighted by Gasteiger charge is 2.25. The van der Waals surface area contributed by atoms with Crippen molar-refractivity contribution < 1.29 is 29.4 Å². The normalized spacial score (nSPS) is 14.3. The molecule has 0 saturated carbocycles. The third-order valence-electron chi connectivity index (χ3n) is 6.38. The van der Waals surface area contributed by atoms with Gasteiger partial charge in [-0.1, -0.05) is 53.5 Å². The molecule has 3 aromatic carbocycles. The minimum atomic E-state index is -1.21. The van der Waals surface area contributed by atoms with E-state index in [1.54, 1.807) is 60.7 Å². The minimum Gasteiger partial charge on any atom is -0.480 e. The van der Waals surface area contributed by atoms with Crippen molar-refractivity contribution in [3.63, 3.8) is 0 Å². The van der Waals surface area contributed by atoms with Gasteiger partial charge in [-0.25, -0.2) is 9.59 Å². The van der Waals surface area contributed by atoms with Gasteiger partial charge in [0, 0.05) is 23.7 Å².